The van der Waals surface area contributed by atoms with Crippen LogP contribution in [-0.4, -0.2) is 28.2 Å². The molecule has 2 aromatic rings. The van der Waals surface area contributed by atoms with Crippen molar-refractivity contribution in [2.75, 3.05) is 6.61 Å². The number of carbonyl (C=O) groups is 2. The van der Waals surface area contributed by atoms with E-state index in [-0.39, 0.29) is 5.97 Å². The Labute approximate surface area is 102 Å². The number of ether oxygens (including phenoxy) is 1. The molecule has 6 heteroatoms. The molecule has 0 aliphatic rings. The molecule has 0 saturated carbocycles. The van der Waals surface area contributed by atoms with Gasteiger partial charge < -0.3 is 4.74 Å². The number of hydrogen-bond acceptors (Lipinski definition) is 5. The molecule has 0 saturated heterocycles. The Hall–Kier alpha value is -1.69. The van der Waals surface area contributed by atoms with Crippen LogP contribution in [-0.2, 0) is 16.0 Å². The van der Waals surface area contributed by atoms with Crippen LogP contribution < -0.4 is 0 Å². The van der Waals surface area contributed by atoms with Gasteiger partial charge in [0.15, 0.2) is 11.2 Å². The lowest BCUT2D eigenvalue weighted by Crippen LogP contribution is -2.06. The second-order valence-electron chi connectivity index (χ2n) is 3.45. The van der Waals surface area contributed by atoms with Crippen LogP contribution in [0.2, 0.25) is 0 Å². The molecule has 0 bridgehead atoms. The average molecular weight is 252 g/mol. The molecule has 2 aromatic heterocycles. The summed E-state index contributed by atoms with van der Waals surface area (Å²) in [5.74, 6) is -0.223. The second kappa shape index (κ2) is 5.09. The van der Waals surface area contributed by atoms with Crippen molar-refractivity contribution in [3.05, 3.63) is 23.0 Å². The van der Waals surface area contributed by atoms with Gasteiger partial charge in [-0.3, -0.25) is 14.0 Å². The molecule has 90 valence electrons. The number of rotatable bonds is 5. The van der Waals surface area contributed by atoms with Crippen molar-refractivity contribution in [2.45, 2.75) is 19.8 Å². The number of hydrogen-bond donors (Lipinski definition) is 0. The van der Waals surface area contributed by atoms with Crippen LogP contribution in [0.15, 0.2) is 11.6 Å². The first-order valence-corrected chi connectivity index (χ1v) is 6.18. The largest absolute Gasteiger partial charge is 0.466 e. The van der Waals surface area contributed by atoms with Gasteiger partial charge in [-0.2, -0.15) is 0 Å². The standard InChI is InChI=1S/C11H12N2O3S/c1-2-16-10(15)4-3-8-7-17-11-12-5-9(6-14)13(8)11/h5-7H,2-4H2,1H3. The molecule has 0 spiro atoms. The van der Waals surface area contributed by atoms with E-state index in [1.165, 1.54) is 17.5 Å². The highest BCUT2D eigenvalue weighted by molar-refractivity contribution is 7.15. The van der Waals surface area contributed by atoms with Crippen LogP contribution in [0.4, 0.5) is 0 Å². The zero-order valence-electron chi connectivity index (χ0n) is 9.38. The monoisotopic (exact) mass is 252 g/mol. The number of esters is 1. The van der Waals surface area contributed by atoms with Crippen LogP contribution in [0.3, 0.4) is 0 Å². The van der Waals surface area contributed by atoms with Crippen molar-refractivity contribution in [3.8, 4) is 0 Å². The van der Waals surface area contributed by atoms with Gasteiger partial charge in [0, 0.05) is 11.1 Å². The molecule has 0 atom stereocenters. The van der Waals surface area contributed by atoms with Gasteiger partial charge >= 0.3 is 5.97 Å². The molecule has 0 aliphatic heterocycles. The first kappa shape index (κ1) is 11.8. The van der Waals surface area contributed by atoms with E-state index in [0.717, 1.165) is 16.9 Å². The number of imidazole rings is 1. The lowest BCUT2D eigenvalue weighted by Gasteiger charge is -2.01. The fraction of sp³-hybridized carbons (Fsp3) is 0.364. The number of carbonyl (C=O) groups excluding carboxylic acids is 2. The molecule has 2 rings (SSSR count). The fourth-order valence-electron chi connectivity index (χ4n) is 1.61. The number of nitrogens with zero attached hydrogens (tertiary/aromatic N) is 2. The van der Waals surface area contributed by atoms with E-state index >= 15 is 0 Å². The van der Waals surface area contributed by atoms with Crippen molar-refractivity contribution < 1.29 is 14.3 Å². The number of thiazole rings is 1. The number of aldehydes is 1. The Bertz CT molecular complexity index is 544. The summed E-state index contributed by atoms with van der Waals surface area (Å²) in [6, 6.07) is 0. The highest BCUT2D eigenvalue weighted by Gasteiger charge is 2.11. The maximum Gasteiger partial charge on any atom is 0.306 e. The molecule has 2 heterocycles. The number of fused-ring (bicyclic) bond motifs is 1. The molecule has 0 radical (unpaired) electrons. The van der Waals surface area contributed by atoms with E-state index in [2.05, 4.69) is 4.98 Å². The maximum absolute atomic E-state index is 11.3. The van der Waals surface area contributed by atoms with Gasteiger partial charge in [0.05, 0.1) is 19.2 Å². The van der Waals surface area contributed by atoms with E-state index in [1.807, 2.05) is 5.38 Å². The molecule has 17 heavy (non-hydrogen) atoms. The molecular weight excluding hydrogens is 240 g/mol. The SMILES string of the molecule is CCOC(=O)CCc1csc2ncc(C=O)n12. The minimum atomic E-state index is -0.223. The van der Waals surface area contributed by atoms with Crippen molar-refractivity contribution in [1.29, 1.82) is 0 Å². The Kier molecular flexibility index (Phi) is 3.53. The van der Waals surface area contributed by atoms with E-state index in [1.54, 1.807) is 11.3 Å². The normalized spacial score (nSPS) is 10.6. The van der Waals surface area contributed by atoms with Crippen LogP contribution in [0, 0.1) is 0 Å². The molecule has 0 aromatic carbocycles. The predicted octanol–water partition coefficient (Wildman–Crippen LogP) is 1.70. The Morgan fingerprint density at radius 3 is 3.18 bits per heavy atom. The minimum absolute atomic E-state index is 0.223. The summed E-state index contributed by atoms with van der Waals surface area (Å²) in [4.78, 5) is 27.0. The summed E-state index contributed by atoms with van der Waals surface area (Å²) >= 11 is 1.46. The first-order chi connectivity index (χ1) is 8.26. The van der Waals surface area contributed by atoms with Crippen LogP contribution in [0.25, 0.3) is 4.96 Å². The quantitative estimate of drug-likeness (QED) is 0.600. The summed E-state index contributed by atoms with van der Waals surface area (Å²) in [5, 5.41) is 1.91. The highest BCUT2D eigenvalue weighted by atomic mass is 32.1. The third kappa shape index (κ3) is 2.36. The average Bonchev–Trinajstić information content (AvgIpc) is 2.88. The van der Waals surface area contributed by atoms with Crippen molar-refractivity contribution in [1.82, 2.24) is 9.38 Å². The first-order valence-electron chi connectivity index (χ1n) is 5.31. The second-order valence-corrected chi connectivity index (χ2v) is 4.29. The summed E-state index contributed by atoms with van der Waals surface area (Å²) in [7, 11) is 0. The zero-order valence-corrected chi connectivity index (χ0v) is 10.2. The van der Waals surface area contributed by atoms with Gasteiger partial charge in [0.1, 0.15) is 5.69 Å². The molecule has 0 amide bonds. The summed E-state index contributed by atoms with van der Waals surface area (Å²) in [6.07, 6.45) is 3.17. The maximum atomic E-state index is 11.3. The zero-order chi connectivity index (χ0) is 12.3. The lowest BCUT2D eigenvalue weighted by atomic mass is 10.2. The fourth-order valence-corrected chi connectivity index (χ4v) is 2.52. The number of aromatic nitrogens is 2. The van der Waals surface area contributed by atoms with E-state index < -0.39 is 0 Å². The molecule has 0 fully saturated rings. The molecule has 0 N–H and O–H groups in total. The minimum Gasteiger partial charge on any atom is -0.466 e. The highest BCUT2D eigenvalue weighted by Crippen LogP contribution is 2.18. The molecule has 5 nitrogen and oxygen atoms in total. The van der Waals surface area contributed by atoms with Gasteiger partial charge in [0.2, 0.25) is 0 Å². The molecule has 0 aliphatic carbocycles. The van der Waals surface area contributed by atoms with Crippen LogP contribution in [0.5, 0.6) is 0 Å². The summed E-state index contributed by atoms with van der Waals surface area (Å²) in [6.45, 7) is 2.17. The predicted molar refractivity (Wildman–Crippen MR) is 63.4 cm³/mol. The van der Waals surface area contributed by atoms with E-state index in [9.17, 15) is 9.59 Å². The lowest BCUT2D eigenvalue weighted by molar-refractivity contribution is -0.143. The Morgan fingerprint density at radius 1 is 1.65 bits per heavy atom. The van der Waals surface area contributed by atoms with E-state index in [0.29, 0.717) is 25.1 Å². The Balaban J connectivity index is 2.15. The topological polar surface area (TPSA) is 60.7 Å². The molecular formula is C11H12N2O3S. The van der Waals surface area contributed by atoms with Gasteiger partial charge in [-0.25, -0.2) is 4.98 Å². The van der Waals surface area contributed by atoms with E-state index in [4.69, 9.17) is 4.74 Å². The van der Waals surface area contributed by atoms with Gasteiger partial charge in [-0.05, 0) is 13.3 Å². The van der Waals surface area contributed by atoms with Gasteiger partial charge in [-0.1, -0.05) is 0 Å². The van der Waals surface area contributed by atoms with Crippen LogP contribution >= 0.6 is 11.3 Å². The number of aryl methyl sites for hydroxylation is 1. The smallest absolute Gasteiger partial charge is 0.306 e. The van der Waals surface area contributed by atoms with Gasteiger partial charge in [-0.15, -0.1) is 11.3 Å². The molecule has 0 unspecified atom stereocenters. The third-order valence-electron chi connectivity index (χ3n) is 2.36. The van der Waals surface area contributed by atoms with Crippen LogP contribution in [0.1, 0.15) is 29.5 Å². The van der Waals surface area contributed by atoms with Gasteiger partial charge in [0.25, 0.3) is 0 Å². The third-order valence-corrected chi connectivity index (χ3v) is 3.24. The van der Waals surface area contributed by atoms with Crippen molar-refractivity contribution in [3.63, 3.8) is 0 Å². The summed E-state index contributed by atoms with van der Waals surface area (Å²) < 4.78 is 6.64. The van der Waals surface area contributed by atoms with Crippen molar-refractivity contribution in [2.24, 2.45) is 0 Å². The summed E-state index contributed by atoms with van der Waals surface area (Å²) in [5.41, 5.74) is 1.43. The van der Waals surface area contributed by atoms with Crippen molar-refractivity contribution >= 4 is 28.6 Å². The Morgan fingerprint density at radius 2 is 2.47 bits per heavy atom.